The molecule has 0 atom stereocenters. The minimum atomic E-state index is -0.282. The Kier molecular flexibility index (Phi) is 7.89. The molecule has 0 amide bonds. The smallest absolute Gasteiger partial charge is 0.310 e. The molecule has 1 aromatic rings. The maximum atomic E-state index is 11.7. The van der Waals surface area contributed by atoms with E-state index in [1.54, 1.807) is 19.9 Å². The van der Waals surface area contributed by atoms with Crippen LogP contribution in [0.4, 0.5) is 0 Å². The summed E-state index contributed by atoms with van der Waals surface area (Å²) in [5.41, 5.74) is 1.81. The van der Waals surface area contributed by atoms with Crippen LogP contribution in [0.5, 0.6) is 5.75 Å². The molecule has 0 aliphatic carbocycles. The van der Waals surface area contributed by atoms with Crippen LogP contribution in [0.3, 0.4) is 0 Å². The molecule has 0 saturated carbocycles. The zero-order valence-corrected chi connectivity index (χ0v) is 15.6. The number of rotatable bonds is 7. The molecular weight excluding hydrogens is 360 g/mol. The lowest BCUT2D eigenvalue weighted by Crippen LogP contribution is -2.09. The average Bonchev–Trinajstić information content (AvgIpc) is 2.49. The Morgan fingerprint density at radius 1 is 1.35 bits per heavy atom. The Hall–Kier alpha value is -1.75. The van der Waals surface area contributed by atoms with Crippen LogP contribution < -0.4 is 4.74 Å². The Labute approximate surface area is 145 Å². The Bertz CT molecular complexity index is 613. The lowest BCUT2D eigenvalue weighted by Gasteiger charge is -2.14. The summed E-state index contributed by atoms with van der Waals surface area (Å²) in [5.74, 6) is 1.20. The quantitative estimate of drug-likeness (QED) is 0.411. The third kappa shape index (κ3) is 6.48. The highest BCUT2D eigenvalue weighted by Gasteiger charge is 2.12. The lowest BCUT2D eigenvalue weighted by atomic mass is 10.1. The fourth-order valence-electron chi connectivity index (χ4n) is 1.86. The number of hydrogen-bond donors (Lipinski definition) is 1. The van der Waals surface area contributed by atoms with E-state index in [4.69, 9.17) is 9.47 Å². The number of aryl methyl sites for hydroxylation is 1. The predicted octanol–water partition coefficient (Wildman–Crippen LogP) is 4.96. The van der Waals surface area contributed by atoms with Gasteiger partial charge in [0.1, 0.15) is 17.3 Å². The molecule has 0 fully saturated rings. The normalized spacial score (nSPS) is 12.7. The summed E-state index contributed by atoms with van der Waals surface area (Å²) in [4.78, 5) is 11.7. The maximum absolute atomic E-state index is 11.7. The minimum absolute atomic E-state index is 0.163. The molecule has 4 nitrogen and oxygen atoms in total. The first-order valence-electron chi connectivity index (χ1n) is 7.56. The van der Waals surface area contributed by atoms with Crippen LogP contribution in [-0.4, -0.2) is 17.7 Å². The van der Waals surface area contributed by atoms with Crippen molar-refractivity contribution in [2.75, 3.05) is 6.61 Å². The van der Waals surface area contributed by atoms with Crippen LogP contribution in [0.2, 0.25) is 0 Å². The number of halogens is 1. The van der Waals surface area contributed by atoms with E-state index < -0.39 is 0 Å². The number of carbonyl (C=O) groups excluding carboxylic acids is 1. The van der Waals surface area contributed by atoms with Gasteiger partial charge in [0.05, 0.1) is 17.5 Å². The molecule has 126 valence electrons. The third-order valence-corrected chi connectivity index (χ3v) is 3.89. The van der Waals surface area contributed by atoms with Crippen molar-refractivity contribution >= 4 is 21.9 Å². The van der Waals surface area contributed by atoms with Gasteiger partial charge in [-0.25, -0.2) is 0 Å². The number of esters is 1. The summed E-state index contributed by atoms with van der Waals surface area (Å²) < 4.78 is 11.5. The van der Waals surface area contributed by atoms with Gasteiger partial charge in [-0.3, -0.25) is 4.79 Å². The zero-order valence-electron chi connectivity index (χ0n) is 14.0. The van der Waals surface area contributed by atoms with E-state index in [-0.39, 0.29) is 18.1 Å². The van der Waals surface area contributed by atoms with Crippen molar-refractivity contribution in [3.8, 4) is 5.75 Å². The number of allylic oxidation sites excluding steroid dienone is 4. The first-order chi connectivity index (χ1) is 10.9. The number of aliphatic hydroxyl groups is 1. The molecule has 0 spiro atoms. The minimum Gasteiger partial charge on any atom is -0.511 e. The second-order valence-corrected chi connectivity index (χ2v) is 5.95. The van der Waals surface area contributed by atoms with Gasteiger partial charge >= 0.3 is 5.97 Å². The number of benzene rings is 1. The summed E-state index contributed by atoms with van der Waals surface area (Å²) in [6, 6.07) is 5.70. The Morgan fingerprint density at radius 2 is 2.04 bits per heavy atom. The SMILES string of the molecule is CCOC(=O)Cc1ccc(C)cc1OC(=C/C(Br)=C(\C)O)CC. The van der Waals surface area contributed by atoms with Gasteiger partial charge in [-0.2, -0.15) is 0 Å². The summed E-state index contributed by atoms with van der Waals surface area (Å²) >= 11 is 3.29. The second kappa shape index (κ2) is 9.40. The van der Waals surface area contributed by atoms with Gasteiger partial charge in [0, 0.05) is 12.0 Å². The largest absolute Gasteiger partial charge is 0.511 e. The number of hydrogen-bond acceptors (Lipinski definition) is 4. The van der Waals surface area contributed by atoms with Crippen molar-refractivity contribution in [2.24, 2.45) is 0 Å². The van der Waals surface area contributed by atoms with Crippen molar-refractivity contribution < 1.29 is 19.4 Å². The summed E-state index contributed by atoms with van der Waals surface area (Å²) in [6.07, 6.45) is 2.54. The predicted molar refractivity (Wildman–Crippen MR) is 94.8 cm³/mol. The fourth-order valence-corrected chi connectivity index (χ4v) is 2.12. The first kappa shape index (κ1) is 19.3. The highest BCUT2D eigenvalue weighted by Crippen LogP contribution is 2.26. The van der Waals surface area contributed by atoms with Crippen molar-refractivity contribution in [1.82, 2.24) is 0 Å². The number of ether oxygens (including phenoxy) is 2. The molecule has 0 radical (unpaired) electrons. The summed E-state index contributed by atoms with van der Waals surface area (Å²) in [5, 5.41) is 9.48. The van der Waals surface area contributed by atoms with Crippen molar-refractivity contribution in [1.29, 1.82) is 0 Å². The Balaban J connectivity index is 3.08. The highest BCUT2D eigenvalue weighted by molar-refractivity contribution is 9.11. The molecule has 5 heteroatoms. The van der Waals surface area contributed by atoms with Gasteiger partial charge in [-0.15, -0.1) is 0 Å². The van der Waals surface area contributed by atoms with Gasteiger partial charge in [0.2, 0.25) is 0 Å². The molecule has 0 aromatic heterocycles. The Morgan fingerprint density at radius 3 is 2.61 bits per heavy atom. The summed E-state index contributed by atoms with van der Waals surface area (Å²) in [6.45, 7) is 7.65. The highest BCUT2D eigenvalue weighted by atomic mass is 79.9. The van der Waals surface area contributed by atoms with Crippen LogP contribution >= 0.6 is 15.9 Å². The second-order valence-electron chi connectivity index (χ2n) is 5.09. The van der Waals surface area contributed by atoms with E-state index in [2.05, 4.69) is 15.9 Å². The van der Waals surface area contributed by atoms with E-state index in [9.17, 15) is 9.90 Å². The molecule has 1 N–H and O–H groups in total. The monoisotopic (exact) mass is 382 g/mol. The molecular formula is C18H23BrO4. The van der Waals surface area contributed by atoms with Crippen LogP contribution in [0, 0.1) is 6.92 Å². The molecule has 1 aromatic carbocycles. The van der Waals surface area contributed by atoms with E-state index in [1.165, 1.54) is 0 Å². The van der Waals surface area contributed by atoms with Gasteiger partial charge in [-0.1, -0.05) is 19.1 Å². The van der Waals surface area contributed by atoms with E-state index in [1.807, 2.05) is 32.0 Å². The van der Waals surface area contributed by atoms with Gasteiger partial charge in [0.25, 0.3) is 0 Å². The molecule has 0 aliphatic rings. The number of aliphatic hydroxyl groups excluding tert-OH is 1. The van der Waals surface area contributed by atoms with E-state index in [0.717, 1.165) is 11.1 Å². The molecule has 0 bridgehead atoms. The fraction of sp³-hybridized carbons (Fsp3) is 0.389. The van der Waals surface area contributed by atoms with Crippen molar-refractivity contribution in [3.05, 3.63) is 51.4 Å². The molecule has 23 heavy (non-hydrogen) atoms. The van der Waals surface area contributed by atoms with Crippen molar-refractivity contribution in [2.45, 2.75) is 40.5 Å². The van der Waals surface area contributed by atoms with Crippen molar-refractivity contribution in [3.63, 3.8) is 0 Å². The van der Waals surface area contributed by atoms with Crippen LogP contribution in [0.15, 0.2) is 40.3 Å². The standard InChI is InChI=1S/C18H23BrO4/c1-5-15(11-16(19)13(4)20)23-17-9-12(3)7-8-14(17)10-18(21)22-6-2/h7-9,11,20H,5-6,10H2,1-4H3/b15-11?,16-13-. The third-order valence-electron chi connectivity index (χ3n) is 3.09. The molecule has 0 unspecified atom stereocenters. The molecule has 1 rings (SSSR count). The van der Waals surface area contributed by atoms with Gasteiger partial charge < -0.3 is 14.6 Å². The zero-order chi connectivity index (χ0) is 17.4. The maximum Gasteiger partial charge on any atom is 0.310 e. The van der Waals surface area contributed by atoms with Gasteiger partial charge in [0.15, 0.2) is 0 Å². The van der Waals surface area contributed by atoms with Crippen LogP contribution in [-0.2, 0) is 16.0 Å². The number of carbonyl (C=O) groups is 1. The van der Waals surface area contributed by atoms with E-state index >= 15 is 0 Å². The topological polar surface area (TPSA) is 55.8 Å². The van der Waals surface area contributed by atoms with Crippen LogP contribution in [0.25, 0.3) is 0 Å². The molecule has 0 saturated heterocycles. The summed E-state index contributed by atoms with van der Waals surface area (Å²) in [7, 11) is 0. The average molecular weight is 383 g/mol. The molecule has 0 heterocycles. The first-order valence-corrected chi connectivity index (χ1v) is 8.35. The van der Waals surface area contributed by atoms with Gasteiger partial charge in [-0.05, 0) is 54.4 Å². The van der Waals surface area contributed by atoms with Crippen LogP contribution in [0.1, 0.15) is 38.3 Å². The lowest BCUT2D eigenvalue weighted by molar-refractivity contribution is -0.142. The van der Waals surface area contributed by atoms with E-state index in [0.29, 0.717) is 29.0 Å². The molecule has 0 aliphatic heterocycles.